The zero-order chi connectivity index (χ0) is 20.5. The molecular weight excluding hydrogens is 363 g/mol. The molecule has 0 N–H and O–H groups in total. The summed E-state index contributed by atoms with van der Waals surface area (Å²) >= 11 is 6.54. The smallest absolute Gasteiger partial charge is 0.0135 e. The largest absolute Gasteiger partial charge is 0.0873 e. The maximum atomic E-state index is 6.54. The second-order valence-electron chi connectivity index (χ2n) is 9.72. The standard InChI is InChI=1S/C25H37PS/c1-9-21(10-2)26(27,22-15-11-19(12-16-22)24(3,4)5)23-17-13-20(14-18-23)25(6,7)8/h11-18,21H,9-10H2,1-8H3. The van der Waals surface area contributed by atoms with Crippen molar-refractivity contribution in [2.45, 2.75) is 84.7 Å². The van der Waals surface area contributed by atoms with Gasteiger partial charge in [-0.05, 0) is 51.1 Å². The van der Waals surface area contributed by atoms with Crippen LogP contribution in [0.5, 0.6) is 0 Å². The Kier molecular flexibility index (Phi) is 6.81. The van der Waals surface area contributed by atoms with Crippen molar-refractivity contribution in [3.8, 4) is 0 Å². The van der Waals surface area contributed by atoms with Crippen molar-refractivity contribution < 1.29 is 0 Å². The SMILES string of the molecule is CCC(CC)P(=S)(c1ccc(C(C)(C)C)cc1)c1ccc(C(C)(C)C)cc1. The van der Waals surface area contributed by atoms with Crippen molar-refractivity contribution in [2.75, 3.05) is 0 Å². The molecule has 2 aromatic rings. The van der Waals surface area contributed by atoms with Gasteiger partial charge in [0.05, 0.1) is 0 Å². The van der Waals surface area contributed by atoms with Crippen molar-refractivity contribution in [3.05, 3.63) is 59.7 Å². The Morgan fingerprint density at radius 3 is 1.19 bits per heavy atom. The molecule has 2 heteroatoms. The van der Waals surface area contributed by atoms with Gasteiger partial charge in [-0.3, -0.25) is 0 Å². The van der Waals surface area contributed by atoms with Gasteiger partial charge in [0.1, 0.15) is 0 Å². The van der Waals surface area contributed by atoms with Crippen LogP contribution in [-0.2, 0) is 22.6 Å². The van der Waals surface area contributed by atoms with Crippen LogP contribution in [0.15, 0.2) is 48.5 Å². The van der Waals surface area contributed by atoms with Gasteiger partial charge in [-0.25, -0.2) is 0 Å². The molecule has 148 valence electrons. The minimum Gasteiger partial charge on any atom is -0.0873 e. The first-order chi connectivity index (χ1) is 12.4. The van der Waals surface area contributed by atoms with E-state index in [-0.39, 0.29) is 10.8 Å². The molecule has 0 amide bonds. The first kappa shape index (κ1) is 22.4. The van der Waals surface area contributed by atoms with Gasteiger partial charge in [-0.2, -0.15) is 0 Å². The third-order valence-corrected chi connectivity index (χ3v) is 11.7. The highest BCUT2D eigenvalue weighted by Gasteiger charge is 2.30. The van der Waals surface area contributed by atoms with Gasteiger partial charge < -0.3 is 0 Å². The van der Waals surface area contributed by atoms with Crippen LogP contribution >= 0.6 is 6.04 Å². The van der Waals surface area contributed by atoms with E-state index in [0.29, 0.717) is 5.66 Å². The van der Waals surface area contributed by atoms with Crippen molar-refractivity contribution in [3.63, 3.8) is 0 Å². The molecule has 0 saturated heterocycles. The summed E-state index contributed by atoms with van der Waals surface area (Å²) in [6.45, 7) is 18.2. The van der Waals surface area contributed by atoms with Crippen molar-refractivity contribution in [1.29, 1.82) is 0 Å². The molecule has 2 rings (SSSR count). The highest BCUT2D eigenvalue weighted by Crippen LogP contribution is 2.52. The first-order valence-electron chi connectivity index (χ1n) is 10.3. The summed E-state index contributed by atoms with van der Waals surface area (Å²) in [6, 6.07) is 16.6. The van der Waals surface area contributed by atoms with Crippen molar-refractivity contribution >= 4 is 28.5 Å². The molecule has 0 unspecified atom stereocenters. The molecule has 0 aliphatic rings. The molecule has 0 radical (unpaired) electrons. The van der Waals surface area contributed by atoms with E-state index < -0.39 is 6.04 Å². The van der Waals surface area contributed by atoms with Crippen LogP contribution in [0.25, 0.3) is 0 Å². The van der Waals surface area contributed by atoms with Gasteiger partial charge in [0, 0.05) is 6.04 Å². The molecule has 0 aliphatic carbocycles. The fourth-order valence-electron chi connectivity index (χ4n) is 3.74. The van der Waals surface area contributed by atoms with Gasteiger partial charge in [0.25, 0.3) is 0 Å². The Morgan fingerprint density at radius 1 is 0.667 bits per heavy atom. The average molecular weight is 401 g/mol. The highest BCUT2D eigenvalue weighted by molar-refractivity contribution is 8.22. The van der Waals surface area contributed by atoms with Crippen LogP contribution in [0.1, 0.15) is 79.4 Å². The zero-order valence-corrected chi connectivity index (χ0v) is 20.2. The summed E-state index contributed by atoms with van der Waals surface area (Å²) < 4.78 is 0. The minimum atomic E-state index is -1.85. The molecule has 0 heterocycles. The van der Waals surface area contributed by atoms with Crippen LogP contribution in [0.4, 0.5) is 0 Å². The molecule has 0 aliphatic heterocycles. The molecule has 0 nitrogen and oxygen atoms in total. The van der Waals surface area contributed by atoms with Crippen LogP contribution in [0.2, 0.25) is 0 Å². The first-order valence-corrected chi connectivity index (χ1v) is 13.1. The lowest BCUT2D eigenvalue weighted by molar-refractivity contribution is 0.590. The maximum absolute atomic E-state index is 6.54. The molecule has 0 aromatic heterocycles. The average Bonchev–Trinajstić information content (AvgIpc) is 2.61. The number of hydrogen-bond acceptors (Lipinski definition) is 1. The van der Waals surface area contributed by atoms with Gasteiger partial charge >= 0.3 is 0 Å². The lowest BCUT2D eigenvalue weighted by Gasteiger charge is -2.32. The predicted molar refractivity (Wildman–Crippen MR) is 128 cm³/mol. The summed E-state index contributed by atoms with van der Waals surface area (Å²) in [5, 5.41) is 2.73. The summed E-state index contributed by atoms with van der Waals surface area (Å²) in [5.41, 5.74) is 3.64. The fourth-order valence-corrected chi connectivity index (χ4v) is 8.72. The summed E-state index contributed by atoms with van der Waals surface area (Å²) in [4.78, 5) is 0. The Labute approximate surface area is 172 Å². The van der Waals surface area contributed by atoms with E-state index in [1.54, 1.807) is 0 Å². The predicted octanol–water partition coefficient (Wildman–Crippen LogP) is 6.90. The second-order valence-corrected chi connectivity index (χ2v) is 14.5. The molecule has 0 saturated carbocycles. The number of rotatable bonds is 5. The molecule has 27 heavy (non-hydrogen) atoms. The lowest BCUT2D eigenvalue weighted by atomic mass is 9.87. The van der Waals surface area contributed by atoms with E-state index in [9.17, 15) is 0 Å². The van der Waals surface area contributed by atoms with Crippen molar-refractivity contribution in [2.24, 2.45) is 0 Å². The molecular formula is C25H37PS. The summed E-state index contributed by atoms with van der Waals surface area (Å²) in [5.74, 6) is 0. The second kappa shape index (κ2) is 8.22. The van der Waals surface area contributed by atoms with E-state index in [2.05, 4.69) is 104 Å². The minimum absolute atomic E-state index is 0.171. The molecule has 0 bridgehead atoms. The van der Waals surface area contributed by atoms with E-state index >= 15 is 0 Å². The summed E-state index contributed by atoms with van der Waals surface area (Å²) in [6.07, 6.45) is 2.27. The van der Waals surface area contributed by atoms with E-state index in [4.69, 9.17) is 11.8 Å². The summed E-state index contributed by atoms with van der Waals surface area (Å²) in [7, 11) is 0. The molecule has 0 spiro atoms. The van der Waals surface area contributed by atoms with Crippen LogP contribution in [-0.4, -0.2) is 5.66 Å². The fraction of sp³-hybridized carbons (Fsp3) is 0.520. The number of benzene rings is 2. The van der Waals surface area contributed by atoms with Gasteiger partial charge in [-0.1, -0.05) is 116 Å². The molecule has 0 atom stereocenters. The third-order valence-electron chi connectivity index (χ3n) is 5.69. The van der Waals surface area contributed by atoms with E-state index in [1.807, 2.05) is 0 Å². The van der Waals surface area contributed by atoms with Crippen LogP contribution in [0.3, 0.4) is 0 Å². The molecule has 2 aromatic carbocycles. The Morgan fingerprint density at radius 2 is 0.963 bits per heavy atom. The highest BCUT2D eigenvalue weighted by atomic mass is 32.4. The van der Waals surface area contributed by atoms with Gasteiger partial charge in [0.2, 0.25) is 0 Å². The number of hydrogen-bond donors (Lipinski definition) is 0. The quantitative estimate of drug-likeness (QED) is 0.492. The zero-order valence-electron chi connectivity index (χ0n) is 18.5. The monoisotopic (exact) mass is 400 g/mol. The Hall–Kier alpha value is -0.910. The van der Waals surface area contributed by atoms with Crippen LogP contribution < -0.4 is 10.6 Å². The Balaban J connectivity index is 2.58. The Bertz CT molecular complexity index is 721. The van der Waals surface area contributed by atoms with Crippen LogP contribution in [0, 0.1) is 0 Å². The normalized spacial score (nSPS) is 13.2. The topological polar surface area (TPSA) is 0 Å². The lowest BCUT2D eigenvalue weighted by Crippen LogP contribution is -2.26. The van der Waals surface area contributed by atoms with E-state index in [0.717, 1.165) is 12.8 Å². The van der Waals surface area contributed by atoms with E-state index in [1.165, 1.54) is 21.7 Å². The maximum Gasteiger partial charge on any atom is 0.0135 e. The third kappa shape index (κ3) is 4.75. The van der Waals surface area contributed by atoms with Crippen molar-refractivity contribution in [1.82, 2.24) is 0 Å². The van der Waals surface area contributed by atoms with Gasteiger partial charge in [-0.15, -0.1) is 0 Å². The van der Waals surface area contributed by atoms with Gasteiger partial charge in [0.15, 0.2) is 0 Å². The molecule has 0 fully saturated rings.